The van der Waals surface area contributed by atoms with E-state index in [2.05, 4.69) is 18.8 Å². The minimum absolute atomic E-state index is 0.0131. The van der Waals surface area contributed by atoms with Crippen molar-refractivity contribution in [1.82, 2.24) is 5.32 Å². The molecule has 118 valence electrons. The molecule has 0 unspecified atom stereocenters. The fourth-order valence-corrected chi connectivity index (χ4v) is 2.59. The summed E-state index contributed by atoms with van der Waals surface area (Å²) in [6.07, 6.45) is 3.62. The number of hydrogen-bond donors (Lipinski definition) is 1. The van der Waals surface area contributed by atoms with Gasteiger partial charge in [0, 0.05) is 31.3 Å². The van der Waals surface area contributed by atoms with Gasteiger partial charge in [-0.2, -0.15) is 0 Å². The normalized spacial score (nSPS) is 15.4. The summed E-state index contributed by atoms with van der Waals surface area (Å²) < 4.78 is 0. The van der Waals surface area contributed by atoms with Gasteiger partial charge in [-0.1, -0.05) is 13.0 Å². The number of piperidine rings is 1. The van der Waals surface area contributed by atoms with Crippen LogP contribution in [0.5, 0.6) is 0 Å². The molecule has 0 bridgehead atoms. The minimum atomic E-state index is -0.419. The monoisotopic (exact) mass is 303 g/mol. The van der Waals surface area contributed by atoms with E-state index in [-0.39, 0.29) is 11.6 Å². The number of nitro benzene ring substituents is 1. The van der Waals surface area contributed by atoms with Crippen LogP contribution in [-0.4, -0.2) is 30.5 Å². The number of amides is 1. The molecule has 0 atom stereocenters. The van der Waals surface area contributed by atoms with Crippen molar-refractivity contribution in [3.05, 3.63) is 46.5 Å². The maximum Gasteiger partial charge on any atom is 0.293 e. The van der Waals surface area contributed by atoms with E-state index in [0.29, 0.717) is 23.7 Å². The van der Waals surface area contributed by atoms with E-state index in [0.717, 1.165) is 25.9 Å². The van der Waals surface area contributed by atoms with Crippen LogP contribution < -0.4 is 10.2 Å². The Morgan fingerprint density at radius 3 is 2.77 bits per heavy atom. The first-order valence-corrected chi connectivity index (χ1v) is 7.45. The standard InChI is InChI=1S/C16H21N3O3/c1-3-8-17-16(20)13-4-5-14(15(11-13)19(21)22)18-9-6-12(2)7-10-18/h3-5,11-12H,1,6-10H2,2H3,(H,17,20). The number of nitro groups is 1. The van der Waals surface area contributed by atoms with Crippen LogP contribution >= 0.6 is 0 Å². The van der Waals surface area contributed by atoms with Crippen molar-refractivity contribution in [3.8, 4) is 0 Å². The lowest BCUT2D eigenvalue weighted by Gasteiger charge is -2.31. The van der Waals surface area contributed by atoms with Crippen molar-refractivity contribution in [1.29, 1.82) is 0 Å². The number of anilines is 1. The molecule has 1 saturated heterocycles. The molecule has 2 rings (SSSR count). The molecule has 1 aliphatic rings. The first kappa shape index (κ1) is 16.0. The average Bonchev–Trinajstić information content (AvgIpc) is 2.52. The molecule has 0 aliphatic carbocycles. The van der Waals surface area contributed by atoms with Gasteiger partial charge < -0.3 is 10.2 Å². The van der Waals surface area contributed by atoms with Crippen LogP contribution in [0.25, 0.3) is 0 Å². The topological polar surface area (TPSA) is 75.5 Å². The molecule has 1 aromatic carbocycles. The number of rotatable bonds is 5. The molecule has 1 fully saturated rings. The van der Waals surface area contributed by atoms with Crippen LogP contribution in [0.1, 0.15) is 30.1 Å². The van der Waals surface area contributed by atoms with Gasteiger partial charge in [-0.05, 0) is 30.9 Å². The van der Waals surface area contributed by atoms with Crippen LogP contribution in [0.2, 0.25) is 0 Å². The maximum atomic E-state index is 11.9. The zero-order valence-electron chi connectivity index (χ0n) is 12.7. The lowest BCUT2D eigenvalue weighted by atomic mass is 9.98. The Kier molecular flexibility index (Phi) is 5.14. The predicted molar refractivity (Wildman–Crippen MR) is 86.2 cm³/mol. The molecule has 0 radical (unpaired) electrons. The molecule has 1 amide bonds. The quantitative estimate of drug-likeness (QED) is 0.515. The van der Waals surface area contributed by atoms with Crippen molar-refractivity contribution < 1.29 is 9.72 Å². The maximum absolute atomic E-state index is 11.9. The van der Waals surface area contributed by atoms with Gasteiger partial charge in [-0.25, -0.2) is 0 Å². The molecule has 6 heteroatoms. The molecule has 1 aromatic rings. The average molecular weight is 303 g/mol. The van der Waals surface area contributed by atoms with Crippen molar-refractivity contribution in [3.63, 3.8) is 0 Å². The number of carbonyl (C=O) groups is 1. The van der Waals surface area contributed by atoms with E-state index in [1.807, 2.05) is 4.90 Å². The number of nitrogens with one attached hydrogen (secondary N) is 1. The Morgan fingerprint density at radius 1 is 1.50 bits per heavy atom. The summed E-state index contributed by atoms with van der Waals surface area (Å²) >= 11 is 0. The summed E-state index contributed by atoms with van der Waals surface area (Å²) in [5.41, 5.74) is 0.876. The van der Waals surface area contributed by atoms with E-state index in [4.69, 9.17) is 0 Å². The summed E-state index contributed by atoms with van der Waals surface area (Å²) in [5.74, 6) is 0.320. The summed E-state index contributed by atoms with van der Waals surface area (Å²) in [7, 11) is 0. The number of benzene rings is 1. The van der Waals surface area contributed by atoms with Gasteiger partial charge in [0.2, 0.25) is 0 Å². The summed E-state index contributed by atoms with van der Waals surface area (Å²) in [6, 6.07) is 4.67. The zero-order chi connectivity index (χ0) is 16.1. The minimum Gasteiger partial charge on any atom is -0.366 e. The highest BCUT2D eigenvalue weighted by Crippen LogP contribution is 2.32. The third kappa shape index (κ3) is 3.63. The Labute approximate surface area is 130 Å². The fraction of sp³-hybridized carbons (Fsp3) is 0.438. The van der Waals surface area contributed by atoms with Crippen LogP contribution in [0.4, 0.5) is 11.4 Å². The third-order valence-corrected chi connectivity index (χ3v) is 3.97. The smallest absolute Gasteiger partial charge is 0.293 e. The van der Waals surface area contributed by atoms with E-state index >= 15 is 0 Å². The van der Waals surface area contributed by atoms with Crippen LogP contribution in [0, 0.1) is 16.0 Å². The molecule has 1 N–H and O–H groups in total. The highest BCUT2D eigenvalue weighted by atomic mass is 16.6. The van der Waals surface area contributed by atoms with Crippen molar-refractivity contribution in [2.45, 2.75) is 19.8 Å². The second kappa shape index (κ2) is 7.06. The van der Waals surface area contributed by atoms with Crippen molar-refractivity contribution >= 4 is 17.3 Å². The summed E-state index contributed by atoms with van der Waals surface area (Å²) in [4.78, 5) is 24.9. The second-order valence-electron chi connectivity index (χ2n) is 5.63. The molecule has 1 heterocycles. The Bertz CT molecular complexity index is 578. The van der Waals surface area contributed by atoms with Crippen LogP contribution in [0.3, 0.4) is 0 Å². The molecule has 6 nitrogen and oxygen atoms in total. The molecule has 0 spiro atoms. The second-order valence-corrected chi connectivity index (χ2v) is 5.63. The largest absolute Gasteiger partial charge is 0.366 e. The van der Waals surface area contributed by atoms with Gasteiger partial charge in [0.25, 0.3) is 11.6 Å². The van der Waals surface area contributed by atoms with Crippen LogP contribution in [-0.2, 0) is 0 Å². The molecular weight excluding hydrogens is 282 g/mol. The molecule has 0 aromatic heterocycles. The summed E-state index contributed by atoms with van der Waals surface area (Å²) in [6.45, 7) is 7.67. The van der Waals surface area contributed by atoms with Gasteiger partial charge in [0.1, 0.15) is 5.69 Å². The number of hydrogen-bond acceptors (Lipinski definition) is 4. The number of nitrogens with zero attached hydrogens (tertiary/aromatic N) is 2. The van der Waals surface area contributed by atoms with Crippen molar-refractivity contribution in [2.24, 2.45) is 5.92 Å². The van der Waals surface area contributed by atoms with Crippen LogP contribution in [0.15, 0.2) is 30.9 Å². The van der Waals surface area contributed by atoms with E-state index in [9.17, 15) is 14.9 Å². The predicted octanol–water partition coefficient (Wildman–Crippen LogP) is 2.75. The van der Waals surface area contributed by atoms with Gasteiger partial charge in [-0.15, -0.1) is 6.58 Å². The zero-order valence-corrected chi connectivity index (χ0v) is 12.7. The lowest BCUT2D eigenvalue weighted by Crippen LogP contribution is -2.33. The van der Waals surface area contributed by atoms with Gasteiger partial charge in [0.15, 0.2) is 0 Å². The molecular formula is C16H21N3O3. The SMILES string of the molecule is C=CCNC(=O)c1ccc(N2CCC(C)CC2)c([N+](=O)[O-])c1. The molecule has 22 heavy (non-hydrogen) atoms. The Hall–Kier alpha value is -2.37. The van der Waals surface area contributed by atoms with E-state index < -0.39 is 4.92 Å². The van der Waals surface area contributed by atoms with Gasteiger partial charge in [0.05, 0.1) is 4.92 Å². The number of carbonyl (C=O) groups excluding carboxylic acids is 1. The highest BCUT2D eigenvalue weighted by Gasteiger charge is 2.24. The Morgan fingerprint density at radius 2 is 2.18 bits per heavy atom. The van der Waals surface area contributed by atoms with E-state index in [1.165, 1.54) is 6.07 Å². The Balaban J connectivity index is 2.25. The molecule has 1 aliphatic heterocycles. The van der Waals surface area contributed by atoms with Gasteiger partial charge >= 0.3 is 0 Å². The van der Waals surface area contributed by atoms with Crippen molar-refractivity contribution in [2.75, 3.05) is 24.5 Å². The van der Waals surface area contributed by atoms with E-state index in [1.54, 1.807) is 18.2 Å². The lowest BCUT2D eigenvalue weighted by molar-refractivity contribution is -0.384. The third-order valence-electron chi connectivity index (χ3n) is 3.97. The fourth-order valence-electron chi connectivity index (χ4n) is 2.59. The van der Waals surface area contributed by atoms with Gasteiger partial charge in [-0.3, -0.25) is 14.9 Å². The summed E-state index contributed by atoms with van der Waals surface area (Å²) in [5, 5.41) is 14.0. The molecule has 0 saturated carbocycles. The first-order chi connectivity index (χ1) is 10.5. The highest BCUT2D eigenvalue weighted by molar-refractivity contribution is 5.95. The first-order valence-electron chi connectivity index (χ1n) is 7.45.